The zero-order valence-corrected chi connectivity index (χ0v) is 9.82. The second-order valence-electron chi connectivity index (χ2n) is 4.37. The Morgan fingerprint density at radius 1 is 1.47 bits per heavy atom. The van der Waals surface area contributed by atoms with E-state index in [-0.39, 0.29) is 41.7 Å². The normalized spacial score (nSPS) is 28.1. The van der Waals surface area contributed by atoms with Crippen LogP contribution in [0.4, 0.5) is 5.69 Å². The summed E-state index contributed by atoms with van der Waals surface area (Å²) in [4.78, 5) is 36.6. The molecule has 1 unspecified atom stereocenters. The van der Waals surface area contributed by atoms with E-state index in [4.69, 9.17) is 11.2 Å². The van der Waals surface area contributed by atoms with Gasteiger partial charge in [0.15, 0.2) is 0 Å². The lowest BCUT2D eigenvalue weighted by atomic mass is 10.0. The minimum atomic E-state index is -2.40. The van der Waals surface area contributed by atoms with Crippen LogP contribution in [0, 0.1) is 0 Å². The summed E-state index contributed by atoms with van der Waals surface area (Å²) in [7, 11) is 0. The fraction of sp³-hybridized carbons (Fsp3) is 0.308. The average molecular weight is 263 g/mol. The fourth-order valence-corrected chi connectivity index (χ4v) is 2.20. The summed E-state index contributed by atoms with van der Waals surface area (Å²) in [6, 6.07) is -0.730. The van der Waals surface area contributed by atoms with Crippen LogP contribution >= 0.6 is 0 Å². The summed E-state index contributed by atoms with van der Waals surface area (Å²) in [5.74, 6) is -2.00. The molecule has 1 atom stereocenters. The van der Waals surface area contributed by atoms with Crippen LogP contribution in [0.15, 0.2) is 18.2 Å². The summed E-state index contributed by atoms with van der Waals surface area (Å²) in [6.07, 6.45) is 0.000751. The van der Waals surface area contributed by atoms with Crippen LogP contribution < -0.4 is 11.1 Å². The number of nitrogens with one attached hydrogen (secondary N) is 1. The number of nitrogens with zero attached hydrogens (tertiary/aromatic N) is 1. The van der Waals surface area contributed by atoms with E-state index in [1.807, 2.05) is 0 Å². The number of nitrogen functional groups attached to an aromatic ring is 1. The number of hydrogen-bond acceptors (Lipinski definition) is 4. The van der Waals surface area contributed by atoms with Gasteiger partial charge in [-0.3, -0.25) is 19.7 Å². The number of rotatable bonds is 1. The van der Waals surface area contributed by atoms with Crippen molar-refractivity contribution in [2.75, 3.05) is 5.73 Å². The van der Waals surface area contributed by atoms with E-state index < -0.39 is 30.3 Å². The Hall–Kier alpha value is -2.37. The number of carbonyl (C=O) groups is 3. The number of anilines is 1. The number of carbonyl (C=O) groups excluding carboxylic acids is 3. The molecule has 1 aromatic carbocycles. The third-order valence-corrected chi connectivity index (χ3v) is 3.17. The van der Waals surface area contributed by atoms with Gasteiger partial charge in [-0.05, 0) is 18.5 Å². The van der Waals surface area contributed by atoms with Crippen LogP contribution in [0.1, 0.15) is 34.2 Å². The van der Waals surface area contributed by atoms with Gasteiger partial charge in [0.1, 0.15) is 6.04 Å². The zero-order valence-electron chi connectivity index (χ0n) is 13.8. The van der Waals surface area contributed by atoms with E-state index >= 15 is 0 Å². The fourth-order valence-electron chi connectivity index (χ4n) is 2.20. The average Bonchev–Trinajstić information content (AvgIpc) is 2.64. The Labute approximate surface area is 115 Å². The highest BCUT2D eigenvalue weighted by Gasteiger charge is 2.39. The smallest absolute Gasteiger partial charge is 0.255 e. The molecule has 6 nitrogen and oxygen atoms in total. The van der Waals surface area contributed by atoms with Crippen LogP contribution in [-0.2, 0) is 16.1 Å². The maximum atomic E-state index is 12.6. The van der Waals surface area contributed by atoms with Crippen molar-refractivity contribution in [3.8, 4) is 0 Å². The second-order valence-corrected chi connectivity index (χ2v) is 4.37. The topological polar surface area (TPSA) is 92.5 Å². The molecule has 0 aromatic heterocycles. The van der Waals surface area contributed by atoms with Crippen molar-refractivity contribution in [3.05, 3.63) is 29.3 Å². The van der Waals surface area contributed by atoms with E-state index in [0.29, 0.717) is 0 Å². The molecule has 1 saturated heterocycles. The monoisotopic (exact) mass is 263 g/mol. The molecule has 2 heterocycles. The van der Waals surface area contributed by atoms with E-state index in [9.17, 15) is 14.4 Å². The number of imide groups is 1. The maximum absolute atomic E-state index is 12.6. The first kappa shape index (κ1) is 7.93. The van der Waals surface area contributed by atoms with E-state index in [1.54, 1.807) is 0 Å². The first-order valence-corrected chi connectivity index (χ1v) is 5.73. The summed E-state index contributed by atoms with van der Waals surface area (Å²) in [5, 5.41) is 2.08. The van der Waals surface area contributed by atoms with Gasteiger partial charge in [-0.2, -0.15) is 0 Å². The molecule has 1 fully saturated rings. The number of amides is 3. The Morgan fingerprint density at radius 3 is 3.00 bits per heavy atom. The van der Waals surface area contributed by atoms with Gasteiger partial charge in [-0.1, -0.05) is 6.04 Å². The van der Waals surface area contributed by atoms with Crippen molar-refractivity contribution < 1.29 is 19.9 Å². The quantitative estimate of drug-likeness (QED) is 0.552. The van der Waals surface area contributed by atoms with Gasteiger partial charge >= 0.3 is 0 Å². The minimum absolute atomic E-state index is 0.00448. The van der Waals surface area contributed by atoms with Gasteiger partial charge in [0, 0.05) is 29.7 Å². The largest absolute Gasteiger partial charge is 0.398 e. The van der Waals surface area contributed by atoms with Crippen LogP contribution in [0.5, 0.6) is 0 Å². The highest BCUT2D eigenvalue weighted by Crippen LogP contribution is 2.30. The molecule has 2 aliphatic heterocycles. The number of nitrogens with two attached hydrogens (primary N) is 1. The van der Waals surface area contributed by atoms with Crippen LogP contribution in [0.25, 0.3) is 0 Å². The molecule has 0 radical (unpaired) electrons. The highest BCUT2D eigenvalue weighted by molar-refractivity contribution is 6.06. The third-order valence-electron chi connectivity index (χ3n) is 3.17. The molecule has 3 amide bonds. The van der Waals surface area contributed by atoms with Crippen molar-refractivity contribution in [3.63, 3.8) is 0 Å². The van der Waals surface area contributed by atoms with Crippen LogP contribution in [0.3, 0.4) is 0 Å². The molecule has 1 aromatic rings. The van der Waals surface area contributed by atoms with Crippen molar-refractivity contribution >= 4 is 23.4 Å². The lowest BCUT2D eigenvalue weighted by Crippen LogP contribution is -2.52. The summed E-state index contributed by atoms with van der Waals surface area (Å²) in [5.41, 5.74) is 5.12. The molecule has 2 aliphatic rings. The summed E-state index contributed by atoms with van der Waals surface area (Å²) < 4.78 is 31.8. The first-order chi connectivity index (χ1) is 10.7. The van der Waals surface area contributed by atoms with Gasteiger partial charge < -0.3 is 10.6 Å². The van der Waals surface area contributed by atoms with Gasteiger partial charge in [0.2, 0.25) is 11.8 Å². The lowest BCUT2D eigenvalue weighted by Gasteiger charge is -2.29. The molecule has 19 heavy (non-hydrogen) atoms. The number of piperidine rings is 1. The molecule has 3 rings (SSSR count). The molecule has 0 saturated carbocycles. The van der Waals surface area contributed by atoms with Gasteiger partial charge in [0.25, 0.3) is 5.91 Å². The Bertz CT molecular complexity index is 765. The lowest BCUT2D eigenvalue weighted by molar-refractivity contribution is -0.136. The van der Waals surface area contributed by atoms with Crippen LogP contribution in [0.2, 0.25) is 0 Å². The summed E-state index contributed by atoms with van der Waals surface area (Å²) in [6.45, 7) is -2.40. The number of hydrogen-bond donors (Lipinski definition) is 2. The molecule has 3 N–H and O–H groups in total. The summed E-state index contributed by atoms with van der Waals surface area (Å²) >= 11 is 0. The third kappa shape index (κ3) is 1.76. The number of fused-ring (bicyclic) bond motifs is 1. The molecular formula is C13H13N3O3. The molecule has 0 spiro atoms. The van der Waals surface area contributed by atoms with Crippen molar-refractivity contribution in [2.24, 2.45) is 0 Å². The Kier molecular flexibility index (Phi) is 1.70. The number of benzene rings is 1. The Balaban J connectivity index is 2.12. The van der Waals surface area contributed by atoms with Crippen LogP contribution in [-0.4, -0.2) is 28.7 Å². The predicted molar refractivity (Wildman–Crippen MR) is 66.9 cm³/mol. The van der Waals surface area contributed by atoms with Gasteiger partial charge in [-0.25, -0.2) is 0 Å². The van der Waals surface area contributed by atoms with Crippen molar-refractivity contribution in [1.29, 1.82) is 0 Å². The van der Waals surface area contributed by atoms with E-state index in [0.717, 1.165) is 11.0 Å². The standard InChI is InChI=1S/C13H13N3O3/c14-9-3-1-2-7-8(9)6-16(13(7)19)10-4-5-11(17)15-12(10)18/h1-3,10H,4-6,14H2,(H,15,17,18)/i1D,3D,6D2. The van der Waals surface area contributed by atoms with Crippen molar-refractivity contribution in [1.82, 2.24) is 10.2 Å². The van der Waals surface area contributed by atoms with Crippen molar-refractivity contribution in [2.45, 2.75) is 25.4 Å². The highest BCUT2D eigenvalue weighted by atomic mass is 16.2. The molecule has 98 valence electrons. The second kappa shape index (κ2) is 4.08. The molecule has 0 aliphatic carbocycles. The maximum Gasteiger partial charge on any atom is 0.255 e. The molecule has 6 heteroatoms. The molecular weight excluding hydrogens is 246 g/mol. The molecule has 0 bridgehead atoms. The van der Waals surface area contributed by atoms with E-state index in [2.05, 4.69) is 5.32 Å². The minimum Gasteiger partial charge on any atom is -0.398 e. The van der Waals surface area contributed by atoms with E-state index in [1.165, 1.54) is 0 Å². The van der Waals surface area contributed by atoms with Gasteiger partial charge in [-0.15, -0.1) is 0 Å². The Morgan fingerprint density at radius 2 is 2.26 bits per heavy atom. The van der Waals surface area contributed by atoms with Gasteiger partial charge in [0.05, 0.1) is 5.48 Å². The first-order valence-electron chi connectivity index (χ1n) is 7.73. The predicted octanol–water partition coefficient (Wildman–Crippen LogP) is 0.0298. The SMILES string of the molecule is [2H]c1cc2c(c(N)c1[2H])C([2H])([2H])N(C1CCC(=O)NC1=O)C2=O. The zero-order chi connectivity index (χ0) is 17.1.